The van der Waals surface area contributed by atoms with Gasteiger partial charge in [0.25, 0.3) is 11.6 Å². The van der Waals surface area contributed by atoms with Gasteiger partial charge in [0, 0.05) is 44.9 Å². The first kappa shape index (κ1) is 25.2. The van der Waals surface area contributed by atoms with Gasteiger partial charge in [-0.25, -0.2) is 4.99 Å². The number of nitrogens with one attached hydrogen (secondary N) is 1. The Bertz CT molecular complexity index is 1100. The summed E-state index contributed by atoms with van der Waals surface area (Å²) in [7, 11) is 0. The topological polar surface area (TPSA) is 104 Å². The Morgan fingerprint density at radius 2 is 1.62 bits per heavy atom. The summed E-state index contributed by atoms with van der Waals surface area (Å²) < 4.78 is 5.24. The molecule has 2 aromatic carbocycles. The van der Waals surface area contributed by atoms with Gasteiger partial charge < -0.3 is 19.5 Å². The highest BCUT2D eigenvalue weighted by Gasteiger charge is 2.25. The number of carbonyl (C=O) groups is 1. The summed E-state index contributed by atoms with van der Waals surface area (Å²) in [5.41, 5.74) is 2.08. The molecule has 1 amide bonds. The van der Waals surface area contributed by atoms with E-state index in [1.807, 2.05) is 30.3 Å². The van der Waals surface area contributed by atoms with E-state index < -0.39 is 4.92 Å². The minimum absolute atomic E-state index is 0. The lowest BCUT2D eigenvalue weighted by molar-refractivity contribution is -0.384. The van der Waals surface area contributed by atoms with E-state index in [1.165, 1.54) is 18.4 Å². The zero-order valence-electron chi connectivity index (χ0n) is 18.5. The molecule has 3 aromatic rings. The zero-order chi connectivity index (χ0) is 23.0. The molecular formula is C24H26IN5O4. The van der Waals surface area contributed by atoms with Gasteiger partial charge in [0.05, 0.1) is 17.7 Å². The smallest absolute Gasteiger partial charge is 0.289 e. The number of nitro benzene ring substituents is 1. The maximum absolute atomic E-state index is 12.6. The van der Waals surface area contributed by atoms with E-state index in [2.05, 4.69) is 10.2 Å². The number of carbonyl (C=O) groups excluding carboxylic acids is 1. The molecule has 1 aromatic heterocycles. The van der Waals surface area contributed by atoms with Crippen LogP contribution in [0.25, 0.3) is 0 Å². The minimum Gasteiger partial charge on any atom is -0.459 e. The van der Waals surface area contributed by atoms with Crippen molar-refractivity contribution in [3.05, 3.63) is 100.0 Å². The van der Waals surface area contributed by atoms with Crippen LogP contribution in [0.5, 0.6) is 0 Å². The molecule has 0 atom stereocenters. The number of non-ortho nitro benzene ring substituents is 1. The average molecular weight is 575 g/mol. The highest BCUT2D eigenvalue weighted by molar-refractivity contribution is 14.0. The summed E-state index contributed by atoms with van der Waals surface area (Å²) in [6.07, 6.45) is 1.50. The Kier molecular flexibility index (Phi) is 9.02. The number of benzene rings is 2. The first-order chi connectivity index (χ1) is 16.1. The molecule has 4 rings (SSSR count). The monoisotopic (exact) mass is 575 g/mol. The fraction of sp³-hybridized carbons (Fsp3) is 0.250. The molecule has 1 N–H and O–H groups in total. The fourth-order valence-electron chi connectivity index (χ4n) is 3.61. The van der Waals surface area contributed by atoms with Crippen molar-refractivity contribution < 1.29 is 14.1 Å². The van der Waals surface area contributed by atoms with Crippen LogP contribution in [0.15, 0.2) is 82.4 Å². The van der Waals surface area contributed by atoms with E-state index in [4.69, 9.17) is 9.41 Å². The van der Waals surface area contributed by atoms with Crippen LogP contribution in [0.1, 0.15) is 21.7 Å². The molecule has 1 saturated heterocycles. The molecule has 10 heteroatoms. The van der Waals surface area contributed by atoms with Gasteiger partial charge in [-0.15, -0.1) is 24.0 Å². The van der Waals surface area contributed by atoms with Crippen LogP contribution in [-0.2, 0) is 13.1 Å². The number of rotatable bonds is 6. The van der Waals surface area contributed by atoms with Crippen molar-refractivity contribution >= 4 is 41.5 Å². The quantitative estimate of drug-likeness (QED) is 0.157. The summed E-state index contributed by atoms with van der Waals surface area (Å²) in [6.45, 7) is 3.39. The van der Waals surface area contributed by atoms with Crippen molar-refractivity contribution in [2.45, 2.75) is 13.1 Å². The lowest BCUT2D eigenvalue weighted by Crippen LogP contribution is -2.53. The maximum atomic E-state index is 12.6. The number of guanidine groups is 1. The molecule has 34 heavy (non-hydrogen) atoms. The second kappa shape index (κ2) is 12.2. The number of amides is 1. The summed E-state index contributed by atoms with van der Waals surface area (Å²) >= 11 is 0. The SMILES string of the molecule is I.O=C(c1ccco1)N1CCN(C(=NCc2ccccc2)NCc2ccc([N+](=O)[O-])cc2)CC1. The van der Waals surface area contributed by atoms with Gasteiger partial charge in [-0.1, -0.05) is 42.5 Å². The van der Waals surface area contributed by atoms with Crippen LogP contribution in [0.4, 0.5) is 5.69 Å². The third-order valence-corrected chi connectivity index (χ3v) is 5.45. The first-order valence-electron chi connectivity index (χ1n) is 10.7. The highest BCUT2D eigenvalue weighted by atomic mass is 127. The van der Waals surface area contributed by atoms with Gasteiger partial charge in [-0.2, -0.15) is 0 Å². The minimum atomic E-state index is -0.409. The van der Waals surface area contributed by atoms with E-state index in [-0.39, 0.29) is 35.6 Å². The van der Waals surface area contributed by atoms with Gasteiger partial charge in [0.2, 0.25) is 0 Å². The summed E-state index contributed by atoms with van der Waals surface area (Å²) in [4.78, 5) is 31.7. The standard InChI is InChI=1S/C24H25N5O4.HI/c30-23(22-7-4-16-33-22)27-12-14-28(15-13-27)24(25-17-19-5-2-1-3-6-19)26-18-20-8-10-21(11-9-20)29(31)32;/h1-11,16H,12-15,17-18H2,(H,25,26);1H. The number of piperazine rings is 1. The molecule has 1 aliphatic heterocycles. The predicted octanol–water partition coefficient (Wildman–Crippen LogP) is 3.91. The molecule has 0 unspecified atom stereocenters. The molecule has 0 aliphatic carbocycles. The Labute approximate surface area is 214 Å². The lowest BCUT2D eigenvalue weighted by Gasteiger charge is -2.36. The molecule has 0 spiro atoms. The van der Waals surface area contributed by atoms with Crippen molar-refractivity contribution in [1.29, 1.82) is 0 Å². The molecule has 178 valence electrons. The third kappa shape index (κ3) is 6.56. The van der Waals surface area contributed by atoms with Crippen LogP contribution >= 0.6 is 24.0 Å². The van der Waals surface area contributed by atoms with Crippen LogP contribution < -0.4 is 5.32 Å². The third-order valence-electron chi connectivity index (χ3n) is 5.45. The normalized spacial score (nSPS) is 13.8. The number of hydrogen-bond donors (Lipinski definition) is 1. The second-order valence-corrected chi connectivity index (χ2v) is 7.66. The van der Waals surface area contributed by atoms with Crippen LogP contribution in [0.2, 0.25) is 0 Å². The molecule has 1 aliphatic rings. The number of nitrogens with zero attached hydrogens (tertiary/aromatic N) is 4. The van der Waals surface area contributed by atoms with E-state index >= 15 is 0 Å². The fourth-order valence-corrected chi connectivity index (χ4v) is 3.61. The Balaban J connectivity index is 0.00000324. The number of hydrogen-bond acceptors (Lipinski definition) is 5. The van der Waals surface area contributed by atoms with E-state index in [9.17, 15) is 14.9 Å². The molecule has 0 radical (unpaired) electrons. The molecule has 0 saturated carbocycles. The van der Waals surface area contributed by atoms with Crippen LogP contribution in [-0.4, -0.2) is 52.8 Å². The van der Waals surface area contributed by atoms with Crippen LogP contribution in [0, 0.1) is 10.1 Å². The van der Waals surface area contributed by atoms with Gasteiger partial charge in [0.15, 0.2) is 11.7 Å². The molecule has 0 bridgehead atoms. The zero-order valence-corrected chi connectivity index (χ0v) is 20.8. The van der Waals surface area contributed by atoms with Crippen molar-refractivity contribution in [2.75, 3.05) is 26.2 Å². The van der Waals surface area contributed by atoms with Crippen molar-refractivity contribution in [3.8, 4) is 0 Å². The molecule has 9 nitrogen and oxygen atoms in total. The van der Waals surface area contributed by atoms with E-state index in [0.29, 0.717) is 45.0 Å². The Morgan fingerprint density at radius 3 is 2.24 bits per heavy atom. The van der Waals surface area contributed by atoms with Crippen molar-refractivity contribution in [3.63, 3.8) is 0 Å². The number of nitro groups is 1. The van der Waals surface area contributed by atoms with Gasteiger partial charge >= 0.3 is 0 Å². The Hall–Kier alpha value is -3.41. The molecular weight excluding hydrogens is 549 g/mol. The second-order valence-electron chi connectivity index (χ2n) is 7.66. The molecule has 1 fully saturated rings. The van der Waals surface area contributed by atoms with E-state index in [1.54, 1.807) is 29.2 Å². The lowest BCUT2D eigenvalue weighted by atomic mass is 10.2. The summed E-state index contributed by atoms with van der Waals surface area (Å²) in [5.74, 6) is 0.973. The molecule has 2 heterocycles. The number of halogens is 1. The van der Waals surface area contributed by atoms with Gasteiger partial charge in [-0.05, 0) is 23.3 Å². The average Bonchev–Trinajstić information content (AvgIpc) is 3.40. The largest absolute Gasteiger partial charge is 0.459 e. The maximum Gasteiger partial charge on any atom is 0.289 e. The predicted molar refractivity (Wildman–Crippen MR) is 139 cm³/mol. The van der Waals surface area contributed by atoms with E-state index in [0.717, 1.165) is 17.1 Å². The summed E-state index contributed by atoms with van der Waals surface area (Å²) in [6, 6.07) is 19.8. The number of aliphatic imine (C=N–C) groups is 1. The van der Waals surface area contributed by atoms with Gasteiger partial charge in [-0.3, -0.25) is 14.9 Å². The Morgan fingerprint density at radius 1 is 0.941 bits per heavy atom. The van der Waals surface area contributed by atoms with Crippen LogP contribution in [0.3, 0.4) is 0 Å². The summed E-state index contributed by atoms with van der Waals surface area (Å²) in [5, 5.41) is 14.3. The van der Waals surface area contributed by atoms with Gasteiger partial charge in [0.1, 0.15) is 0 Å². The first-order valence-corrected chi connectivity index (χ1v) is 10.7. The van der Waals surface area contributed by atoms with Crippen molar-refractivity contribution in [2.24, 2.45) is 4.99 Å². The highest BCUT2D eigenvalue weighted by Crippen LogP contribution is 2.13. The number of furan rings is 1. The van der Waals surface area contributed by atoms with Crippen molar-refractivity contribution in [1.82, 2.24) is 15.1 Å².